The maximum atomic E-state index is 2.44. The van der Waals surface area contributed by atoms with Gasteiger partial charge >= 0.3 is 0 Å². The summed E-state index contributed by atoms with van der Waals surface area (Å²) in [6.45, 7) is 4.59. The Balaban J connectivity index is 0.000000640. The molecule has 0 unspecified atom stereocenters. The third-order valence-electron chi connectivity index (χ3n) is 2.39. The van der Waals surface area contributed by atoms with Crippen molar-refractivity contribution in [3.63, 3.8) is 0 Å². The summed E-state index contributed by atoms with van der Waals surface area (Å²) in [5.74, 6) is 0. The van der Waals surface area contributed by atoms with Gasteiger partial charge in [-0.2, -0.15) is 0 Å². The van der Waals surface area contributed by atoms with Gasteiger partial charge < -0.3 is 4.90 Å². The van der Waals surface area contributed by atoms with Crippen molar-refractivity contribution in [1.29, 1.82) is 0 Å². The van der Waals surface area contributed by atoms with Gasteiger partial charge in [-0.25, -0.2) is 0 Å². The molecule has 0 aromatic carbocycles. The van der Waals surface area contributed by atoms with Crippen molar-refractivity contribution in [2.24, 2.45) is 0 Å². The molecule has 0 aromatic heterocycles. The molecule has 1 rings (SSSR count). The molecule has 0 radical (unpaired) electrons. The van der Waals surface area contributed by atoms with Crippen LogP contribution in [-0.4, -0.2) is 24.0 Å². The average Bonchev–Trinajstić information content (AvgIpc) is 1.98. The fourth-order valence-corrected chi connectivity index (χ4v) is 1.32. The van der Waals surface area contributed by atoms with Crippen LogP contribution < -0.4 is 0 Å². The highest BCUT2D eigenvalue weighted by atomic mass is 127. The maximum absolute atomic E-state index is 2.44. The number of halogens is 1. The van der Waals surface area contributed by atoms with E-state index in [1.165, 1.54) is 12.8 Å². The second kappa shape index (κ2) is 3.76. The minimum atomic E-state index is 0. The van der Waals surface area contributed by atoms with Crippen LogP contribution in [0.4, 0.5) is 0 Å². The summed E-state index contributed by atoms with van der Waals surface area (Å²) in [6, 6.07) is 1.65. The first-order chi connectivity index (χ1) is 3.72. The number of hydrogen-bond acceptors (Lipinski definition) is 1. The fourth-order valence-electron chi connectivity index (χ4n) is 1.32. The Morgan fingerprint density at radius 3 is 1.56 bits per heavy atom. The van der Waals surface area contributed by atoms with Gasteiger partial charge in [0, 0.05) is 12.1 Å². The molecule has 1 heterocycles. The molecule has 1 aliphatic heterocycles. The number of nitrogens with zero attached hydrogens (tertiary/aromatic N) is 1. The van der Waals surface area contributed by atoms with E-state index in [1.807, 2.05) is 0 Å². The van der Waals surface area contributed by atoms with Crippen LogP contribution in [0.15, 0.2) is 0 Å². The van der Waals surface area contributed by atoms with Gasteiger partial charge in [0.25, 0.3) is 0 Å². The van der Waals surface area contributed by atoms with E-state index in [1.54, 1.807) is 0 Å². The van der Waals surface area contributed by atoms with Crippen molar-refractivity contribution in [2.45, 2.75) is 38.8 Å². The van der Waals surface area contributed by atoms with Gasteiger partial charge in [-0.1, -0.05) is 0 Å². The molecule has 1 nitrogen and oxygen atoms in total. The zero-order valence-electron chi connectivity index (χ0n) is 6.42. The van der Waals surface area contributed by atoms with E-state index in [2.05, 4.69) is 25.8 Å². The summed E-state index contributed by atoms with van der Waals surface area (Å²) < 4.78 is 0. The van der Waals surface area contributed by atoms with Crippen LogP contribution in [0.25, 0.3) is 0 Å². The Kier molecular flexibility index (Phi) is 4.05. The lowest BCUT2D eigenvalue weighted by molar-refractivity contribution is 0.267. The van der Waals surface area contributed by atoms with Crippen LogP contribution in [0, 0.1) is 0 Å². The van der Waals surface area contributed by atoms with Gasteiger partial charge in [0.1, 0.15) is 0 Å². The van der Waals surface area contributed by atoms with Crippen LogP contribution in [0.2, 0.25) is 0 Å². The van der Waals surface area contributed by atoms with Crippen molar-refractivity contribution in [3.8, 4) is 0 Å². The zero-order valence-corrected chi connectivity index (χ0v) is 8.75. The second-order valence-electron chi connectivity index (χ2n) is 2.94. The molecule has 9 heavy (non-hydrogen) atoms. The molecule has 2 atom stereocenters. The minimum Gasteiger partial charge on any atom is -0.301 e. The van der Waals surface area contributed by atoms with Crippen molar-refractivity contribution >= 4 is 24.0 Å². The summed E-state index contributed by atoms with van der Waals surface area (Å²) >= 11 is 0. The van der Waals surface area contributed by atoms with Crippen molar-refractivity contribution < 1.29 is 0 Å². The van der Waals surface area contributed by atoms with Gasteiger partial charge in [-0.05, 0) is 33.7 Å². The molecule has 1 saturated heterocycles. The molecule has 1 fully saturated rings. The van der Waals surface area contributed by atoms with Crippen molar-refractivity contribution in [3.05, 3.63) is 0 Å². The highest BCUT2D eigenvalue weighted by Gasteiger charge is 2.22. The molecule has 0 amide bonds. The van der Waals surface area contributed by atoms with E-state index in [-0.39, 0.29) is 24.0 Å². The maximum Gasteiger partial charge on any atom is 0.00672 e. The molecule has 0 saturated carbocycles. The minimum absolute atomic E-state index is 0. The van der Waals surface area contributed by atoms with E-state index >= 15 is 0 Å². The normalized spacial score (nSPS) is 36.3. The smallest absolute Gasteiger partial charge is 0.00672 e. The summed E-state index contributed by atoms with van der Waals surface area (Å²) in [6.07, 6.45) is 2.77. The van der Waals surface area contributed by atoms with Crippen LogP contribution in [0.1, 0.15) is 26.7 Å². The lowest BCUT2D eigenvalue weighted by atomic mass is 10.2. The van der Waals surface area contributed by atoms with Crippen LogP contribution >= 0.6 is 24.0 Å². The Morgan fingerprint density at radius 1 is 1.11 bits per heavy atom. The summed E-state index contributed by atoms with van der Waals surface area (Å²) in [4.78, 5) is 2.44. The lowest BCUT2D eigenvalue weighted by Gasteiger charge is -2.18. The van der Waals surface area contributed by atoms with E-state index in [9.17, 15) is 0 Å². The number of likely N-dealkylation sites (tertiary alicyclic amines) is 1. The third kappa shape index (κ3) is 2.08. The standard InChI is InChI=1S/C7H15N.HI/c1-6-4-5-7(2)8(6)3;/h6-7H,4-5H2,1-3H3;1H/t6-,7-;/m1./s1. The lowest BCUT2D eigenvalue weighted by Crippen LogP contribution is -2.27. The average molecular weight is 241 g/mol. The predicted molar refractivity (Wildman–Crippen MR) is 51.3 cm³/mol. The molecular weight excluding hydrogens is 225 g/mol. The van der Waals surface area contributed by atoms with E-state index in [0.717, 1.165) is 12.1 Å². The molecule has 2 heteroatoms. The zero-order chi connectivity index (χ0) is 6.15. The van der Waals surface area contributed by atoms with Gasteiger partial charge in [0.05, 0.1) is 0 Å². The first-order valence-corrected chi connectivity index (χ1v) is 3.43. The topological polar surface area (TPSA) is 3.24 Å². The second-order valence-corrected chi connectivity index (χ2v) is 2.94. The van der Waals surface area contributed by atoms with Gasteiger partial charge in [-0.3, -0.25) is 0 Å². The molecular formula is C7H16IN. The van der Waals surface area contributed by atoms with Crippen molar-refractivity contribution in [1.82, 2.24) is 4.90 Å². The molecule has 1 aliphatic rings. The molecule has 0 bridgehead atoms. The van der Waals surface area contributed by atoms with Crippen LogP contribution in [0.5, 0.6) is 0 Å². The predicted octanol–water partition coefficient (Wildman–Crippen LogP) is 2.11. The Labute approximate surface area is 74.8 Å². The quantitative estimate of drug-likeness (QED) is 0.587. The summed E-state index contributed by atoms with van der Waals surface area (Å²) in [5, 5.41) is 0. The summed E-state index contributed by atoms with van der Waals surface area (Å²) in [5.41, 5.74) is 0. The van der Waals surface area contributed by atoms with E-state index in [4.69, 9.17) is 0 Å². The van der Waals surface area contributed by atoms with Gasteiger partial charge in [0.2, 0.25) is 0 Å². The molecule has 0 N–H and O–H groups in total. The highest BCUT2D eigenvalue weighted by Crippen LogP contribution is 2.20. The third-order valence-corrected chi connectivity index (χ3v) is 2.39. The Bertz CT molecular complexity index is 75.0. The molecule has 0 spiro atoms. The fraction of sp³-hybridized carbons (Fsp3) is 1.00. The number of rotatable bonds is 0. The monoisotopic (exact) mass is 241 g/mol. The van der Waals surface area contributed by atoms with E-state index in [0.29, 0.717) is 0 Å². The SMILES string of the molecule is C[C@@H]1CC[C@@H](C)N1C.I. The van der Waals surface area contributed by atoms with Crippen molar-refractivity contribution in [2.75, 3.05) is 7.05 Å². The highest BCUT2D eigenvalue weighted by molar-refractivity contribution is 14.0. The molecule has 0 aliphatic carbocycles. The Hall–Kier alpha value is 0.690. The number of hydrogen-bond donors (Lipinski definition) is 0. The van der Waals surface area contributed by atoms with Crippen LogP contribution in [0.3, 0.4) is 0 Å². The largest absolute Gasteiger partial charge is 0.301 e. The summed E-state index contributed by atoms with van der Waals surface area (Å²) in [7, 11) is 2.21. The molecule has 56 valence electrons. The van der Waals surface area contributed by atoms with Gasteiger partial charge in [-0.15, -0.1) is 24.0 Å². The van der Waals surface area contributed by atoms with E-state index < -0.39 is 0 Å². The first-order valence-electron chi connectivity index (χ1n) is 3.43. The Morgan fingerprint density at radius 2 is 1.44 bits per heavy atom. The van der Waals surface area contributed by atoms with Crippen LogP contribution in [-0.2, 0) is 0 Å². The first kappa shape index (κ1) is 9.69. The van der Waals surface area contributed by atoms with Gasteiger partial charge in [0.15, 0.2) is 0 Å². The molecule has 0 aromatic rings.